The van der Waals surface area contributed by atoms with Gasteiger partial charge in [-0.15, -0.1) is 11.3 Å². The molecule has 1 N–H and O–H groups in total. The van der Waals surface area contributed by atoms with Crippen molar-refractivity contribution in [3.05, 3.63) is 53.4 Å². The highest BCUT2D eigenvalue weighted by Crippen LogP contribution is 2.22. The van der Waals surface area contributed by atoms with E-state index in [0.29, 0.717) is 11.6 Å². The second-order valence-corrected chi connectivity index (χ2v) is 6.22. The van der Waals surface area contributed by atoms with E-state index in [9.17, 15) is 4.79 Å². The van der Waals surface area contributed by atoms with E-state index in [0.717, 1.165) is 16.0 Å². The molecule has 3 aromatic rings. The minimum absolute atomic E-state index is 0.00618. The van der Waals surface area contributed by atoms with Crippen LogP contribution >= 0.6 is 11.3 Å². The zero-order valence-corrected chi connectivity index (χ0v) is 13.3. The second kappa shape index (κ2) is 6.29. The van der Waals surface area contributed by atoms with Crippen molar-refractivity contribution in [2.24, 2.45) is 0 Å². The number of nitrogens with zero attached hydrogens (tertiary/aromatic N) is 2. The molecule has 6 heteroatoms. The molecule has 2 heterocycles. The van der Waals surface area contributed by atoms with E-state index in [1.165, 1.54) is 11.3 Å². The summed E-state index contributed by atoms with van der Waals surface area (Å²) in [6, 6.07) is 11.5. The summed E-state index contributed by atoms with van der Waals surface area (Å²) in [7, 11) is 3.91. The summed E-state index contributed by atoms with van der Waals surface area (Å²) in [5, 5.41) is 3.42. The number of amides is 1. The van der Waals surface area contributed by atoms with Crippen LogP contribution in [-0.2, 0) is 0 Å². The molecule has 0 aliphatic heterocycles. The lowest BCUT2D eigenvalue weighted by Gasteiger charge is -2.22. The number of nitrogens with one attached hydrogen (secondary N) is 1. The van der Waals surface area contributed by atoms with Gasteiger partial charge in [0, 0.05) is 6.54 Å². The maximum atomic E-state index is 12.3. The molecule has 5 nitrogen and oxygen atoms in total. The summed E-state index contributed by atoms with van der Waals surface area (Å²) in [4.78, 5) is 18.7. The molecule has 0 fully saturated rings. The van der Waals surface area contributed by atoms with Crippen molar-refractivity contribution in [1.82, 2.24) is 15.2 Å². The number of furan rings is 1. The molecular formula is C16H17N3O2S. The van der Waals surface area contributed by atoms with Crippen molar-refractivity contribution in [2.75, 3.05) is 20.6 Å². The molecule has 3 rings (SSSR count). The molecule has 1 unspecified atom stereocenters. The summed E-state index contributed by atoms with van der Waals surface area (Å²) in [6.07, 6.45) is 1.64. The molecule has 0 aliphatic rings. The number of carbonyl (C=O) groups is 1. The summed E-state index contributed by atoms with van der Waals surface area (Å²) >= 11 is 1.40. The molecule has 0 aliphatic carbocycles. The Hall–Kier alpha value is -2.18. The Labute approximate surface area is 132 Å². The highest BCUT2D eigenvalue weighted by molar-refractivity contribution is 7.20. The number of likely N-dealkylation sites (N-methyl/N-ethyl adjacent to an activating group) is 1. The maximum absolute atomic E-state index is 12.3. The van der Waals surface area contributed by atoms with Crippen molar-refractivity contribution in [1.29, 1.82) is 0 Å². The van der Waals surface area contributed by atoms with Crippen LogP contribution in [0.3, 0.4) is 0 Å². The highest BCUT2D eigenvalue weighted by Gasteiger charge is 2.19. The molecule has 1 atom stereocenters. The Bertz CT molecular complexity index is 732. The first kappa shape index (κ1) is 14.7. The molecule has 0 bridgehead atoms. The lowest BCUT2D eigenvalue weighted by molar-refractivity contribution is 0.0939. The fourth-order valence-electron chi connectivity index (χ4n) is 2.25. The first-order valence-electron chi connectivity index (χ1n) is 6.99. The minimum Gasteiger partial charge on any atom is -0.468 e. The minimum atomic E-state index is -0.153. The van der Waals surface area contributed by atoms with Crippen LogP contribution in [0.5, 0.6) is 0 Å². The summed E-state index contributed by atoms with van der Waals surface area (Å²) in [5.74, 6) is 0.675. The Kier molecular flexibility index (Phi) is 4.22. The number of para-hydroxylation sites is 1. The fourth-order valence-corrected chi connectivity index (χ4v) is 3.13. The van der Waals surface area contributed by atoms with E-state index in [2.05, 4.69) is 10.3 Å². The molecule has 0 radical (unpaired) electrons. The molecule has 0 saturated carbocycles. The third kappa shape index (κ3) is 3.03. The quantitative estimate of drug-likeness (QED) is 0.786. The Morgan fingerprint density at radius 1 is 1.32 bits per heavy atom. The third-order valence-electron chi connectivity index (χ3n) is 3.44. The maximum Gasteiger partial charge on any atom is 0.280 e. The zero-order chi connectivity index (χ0) is 15.5. The van der Waals surface area contributed by atoms with Crippen molar-refractivity contribution in [2.45, 2.75) is 6.04 Å². The topological polar surface area (TPSA) is 58.4 Å². The Balaban J connectivity index is 1.71. The normalized spacial score (nSPS) is 12.7. The van der Waals surface area contributed by atoms with Crippen molar-refractivity contribution in [3.63, 3.8) is 0 Å². The number of rotatable bonds is 5. The summed E-state index contributed by atoms with van der Waals surface area (Å²) in [5.41, 5.74) is 0.854. The first-order chi connectivity index (χ1) is 10.6. The van der Waals surface area contributed by atoms with Crippen LogP contribution < -0.4 is 5.32 Å². The number of benzene rings is 1. The van der Waals surface area contributed by atoms with Gasteiger partial charge in [0.15, 0.2) is 5.01 Å². The van der Waals surface area contributed by atoms with Gasteiger partial charge in [0.1, 0.15) is 5.76 Å². The smallest absolute Gasteiger partial charge is 0.280 e. The average molecular weight is 315 g/mol. The van der Waals surface area contributed by atoms with E-state index < -0.39 is 0 Å². The van der Waals surface area contributed by atoms with Crippen LogP contribution in [0.1, 0.15) is 21.6 Å². The van der Waals surface area contributed by atoms with Crippen molar-refractivity contribution < 1.29 is 9.21 Å². The highest BCUT2D eigenvalue weighted by atomic mass is 32.1. The standard InChI is InChI=1S/C16H17N3O2S/c1-19(2)12(13-7-5-9-21-13)10-17-15(20)16-18-11-6-3-4-8-14(11)22-16/h3-9,12H,10H2,1-2H3,(H,17,20). The zero-order valence-electron chi connectivity index (χ0n) is 12.4. The van der Waals surface area contributed by atoms with Crippen LogP contribution in [0.25, 0.3) is 10.2 Å². The number of hydrogen-bond donors (Lipinski definition) is 1. The number of aromatic nitrogens is 1. The van der Waals surface area contributed by atoms with Gasteiger partial charge in [0.2, 0.25) is 0 Å². The first-order valence-corrected chi connectivity index (χ1v) is 7.80. The van der Waals surface area contributed by atoms with Gasteiger partial charge in [-0.2, -0.15) is 0 Å². The predicted octanol–water partition coefficient (Wildman–Crippen LogP) is 2.92. The van der Waals surface area contributed by atoms with Crippen molar-refractivity contribution >= 4 is 27.5 Å². The monoisotopic (exact) mass is 315 g/mol. The summed E-state index contributed by atoms with van der Waals surface area (Å²) in [6.45, 7) is 0.468. The van der Waals surface area contributed by atoms with Gasteiger partial charge in [0.05, 0.1) is 22.5 Å². The van der Waals surface area contributed by atoms with Gasteiger partial charge in [-0.3, -0.25) is 9.69 Å². The molecule has 0 spiro atoms. The van der Waals surface area contributed by atoms with Crippen LogP contribution in [0.4, 0.5) is 0 Å². The molecule has 1 aromatic carbocycles. The van der Waals surface area contributed by atoms with E-state index in [4.69, 9.17) is 4.42 Å². The molecule has 1 amide bonds. The molecule has 114 valence electrons. The van der Waals surface area contributed by atoms with Gasteiger partial charge < -0.3 is 9.73 Å². The average Bonchev–Trinajstić information content (AvgIpc) is 3.16. The van der Waals surface area contributed by atoms with Crippen LogP contribution in [0.2, 0.25) is 0 Å². The molecule has 22 heavy (non-hydrogen) atoms. The van der Waals surface area contributed by atoms with Crippen LogP contribution in [0.15, 0.2) is 47.1 Å². The van der Waals surface area contributed by atoms with Gasteiger partial charge in [0.25, 0.3) is 5.91 Å². The van der Waals surface area contributed by atoms with E-state index in [1.54, 1.807) is 6.26 Å². The predicted molar refractivity (Wildman–Crippen MR) is 87.1 cm³/mol. The lowest BCUT2D eigenvalue weighted by Crippen LogP contribution is -2.34. The van der Waals surface area contributed by atoms with Gasteiger partial charge in [-0.25, -0.2) is 4.98 Å². The second-order valence-electron chi connectivity index (χ2n) is 5.19. The van der Waals surface area contributed by atoms with E-state index >= 15 is 0 Å². The van der Waals surface area contributed by atoms with Gasteiger partial charge >= 0.3 is 0 Å². The summed E-state index contributed by atoms with van der Waals surface area (Å²) < 4.78 is 6.45. The largest absolute Gasteiger partial charge is 0.468 e. The van der Waals surface area contributed by atoms with Crippen LogP contribution in [0, 0.1) is 0 Å². The van der Waals surface area contributed by atoms with Crippen LogP contribution in [-0.4, -0.2) is 36.4 Å². The van der Waals surface area contributed by atoms with Gasteiger partial charge in [-0.1, -0.05) is 12.1 Å². The molecule has 0 saturated heterocycles. The number of fused-ring (bicyclic) bond motifs is 1. The van der Waals surface area contributed by atoms with E-state index in [1.807, 2.05) is 55.4 Å². The Morgan fingerprint density at radius 3 is 2.82 bits per heavy atom. The number of thiazole rings is 1. The SMILES string of the molecule is CN(C)C(CNC(=O)c1nc2ccccc2s1)c1ccco1. The molecular weight excluding hydrogens is 298 g/mol. The third-order valence-corrected chi connectivity index (χ3v) is 4.47. The number of hydrogen-bond acceptors (Lipinski definition) is 5. The molecule has 2 aromatic heterocycles. The van der Waals surface area contributed by atoms with Gasteiger partial charge in [-0.05, 0) is 38.4 Å². The fraction of sp³-hybridized carbons (Fsp3) is 0.250. The lowest BCUT2D eigenvalue weighted by atomic mass is 10.2. The Morgan fingerprint density at radius 2 is 2.14 bits per heavy atom. The van der Waals surface area contributed by atoms with Crippen molar-refractivity contribution in [3.8, 4) is 0 Å². The number of carbonyl (C=O) groups excluding carboxylic acids is 1. The van der Waals surface area contributed by atoms with E-state index in [-0.39, 0.29) is 11.9 Å².